The molecule has 1 unspecified atom stereocenters. The second-order valence-electron chi connectivity index (χ2n) is 3.74. The van der Waals surface area contributed by atoms with Crippen LogP contribution < -0.4 is 56.5 Å². The standard InChI is InChI=1S/C8H10O.C7H6O2.K/c1-7(9)8-5-3-2-4-6-8;8-7(9)6-4-2-1-3-5-6;/h2-7,9H,1H3;1-5H,(H,8,9);/q;;+1/p-1. The van der Waals surface area contributed by atoms with Crippen LogP contribution >= 0.6 is 0 Å². The molecule has 1 atom stereocenters. The molecular weight excluding hydrogens is 267 g/mol. The normalized spacial score (nSPS) is 10.4. The van der Waals surface area contributed by atoms with Crippen molar-refractivity contribution in [3.05, 3.63) is 71.8 Å². The Bertz CT molecular complexity index is 469. The van der Waals surface area contributed by atoms with Crippen LogP contribution in [-0.4, -0.2) is 11.1 Å². The summed E-state index contributed by atoms with van der Waals surface area (Å²) in [5.74, 6) is -1.13. The number of hydrogen-bond donors (Lipinski definition) is 1. The summed E-state index contributed by atoms with van der Waals surface area (Å²) >= 11 is 0. The topological polar surface area (TPSA) is 60.4 Å². The van der Waals surface area contributed by atoms with Gasteiger partial charge in [-0.05, 0) is 18.1 Å². The number of hydrogen-bond acceptors (Lipinski definition) is 3. The zero-order chi connectivity index (χ0) is 13.4. The minimum Gasteiger partial charge on any atom is -0.545 e. The van der Waals surface area contributed by atoms with E-state index < -0.39 is 5.97 Å². The Morgan fingerprint density at radius 1 is 1.00 bits per heavy atom. The van der Waals surface area contributed by atoms with Gasteiger partial charge in [0.15, 0.2) is 0 Å². The predicted molar refractivity (Wildman–Crippen MR) is 67.8 cm³/mol. The van der Waals surface area contributed by atoms with Gasteiger partial charge in [0.1, 0.15) is 0 Å². The molecule has 0 fully saturated rings. The number of carbonyl (C=O) groups excluding carboxylic acids is 1. The number of benzene rings is 2. The molecule has 2 aromatic rings. The van der Waals surface area contributed by atoms with Crippen LogP contribution in [0, 0.1) is 0 Å². The van der Waals surface area contributed by atoms with E-state index >= 15 is 0 Å². The number of aliphatic hydroxyl groups is 1. The Hall–Kier alpha value is -0.494. The van der Waals surface area contributed by atoms with Crippen LogP contribution in [0.3, 0.4) is 0 Å². The van der Waals surface area contributed by atoms with E-state index in [2.05, 4.69) is 0 Å². The van der Waals surface area contributed by atoms with E-state index in [0.29, 0.717) is 0 Å². The summed E-state index contributed by atoms with van der Waals surface area (Å²) in [4.78, 5) is 10.1. The second-order valence-corrected chi connectivity index (χ2v) is 3.74. The summed E-state index contributed by atoms with van der Waals surface area (Å²) in [7, 11) is 0. The van der Waals surface area contributed by atoms with Gasteiger partial charge in [0.05, 0.1) is 12.1 Å². The van der Waals surface area contributed by atoms with E-state index in [1.165, 1.54) is 12.1 Å². The maximum absolute atomic E-state index is 10.1. The van der Waals surface area contributed by atoms with Crippen molar-refractivity contribution in [3.8, 4) is 0 Å². The first-order valence-corrected chi connectivity index (χ1v) is 5.60. The van der Waals surface area contributed by atoms with Crippen molar-refractivity contribution in [3.63, 3.8) is 0 Å². The van der Waals surface area contributed by atoms with Crippen molar-refractivity contribution >= 4 is 5.97 Å². The minimum absolute atomic E-state index is 0. The maximum Gasteiger partial charge on any atom is 1.00 e. The van der Waals surface area contributed by atoms with E-state index in [-0.39, 0.29) is 63.1 Å². The Kier molecular flexibility index (Phi) is 10.0. The van der Waals surface area contributed by atoms with Crippen LogP contribution in [0.4, 0.5) is 0 Å². The van der Waals surface area contributed by atoms with Crippen LogP contribution in [0.5, 0.6) is 0 Å². The molecule has 0 saturated carbocycles. The molecule has 0 spiro atoms. The largest absolute Gasteiger partial charge is 1.00 e. The maximum atomic E-state index is 10.1. The fraction of sp³-hybridized carbons (Fsp3) is 0.133. The SMILES string of the molecule is CC(O)c1ccccc1.O=C([O-])c1ccccc1.[K+]. The van der Waals surface area contributed by atoms with Crippen LogP contribution in [0.2, 0.25) is 0 Å². The Morgan fingerprint density at radius 3 is 1.68 bits per heavy atom. The van der Waals surface area contributed by atoms with Crippen LogP contribution in [-0.2, 0) is 0 Å². The second kappa shape index (κ2) is 10.3. The minimum atomic E-state index is -1.13. The fourth-order valence-corrected chi connectivity index (χ4v) is 1.31. The Labute approximate surface area is 155 Å². The zero-order valence-corrected chi connectivity index (χ0v) is 14.2. The molecule has 4 heteroatoms. The molecule has 94 valence electrons. The molecule has 1 N–H and O–H groups in total. The van der Waals surface area contributed by atoms with Crippen LogP contribution in [0.15, 0.2) is 60.7 Å². The van der Waals surface area contributed by atoms with Gasteiger partial charge in [-0.15, -0.1) is 0 Å². The van der Waals surface area contributed by atoms with Gasteiger partial charge < -0.3 is 15.0 Å². The first kappa shape index (κ1) is 18.5. The quantitative estimate of drug-likeness (QED) is 0.704. The zero-order valence-electron chi connectivity index (χ0n) is 11.1. The van der Waals surface area contributed by atoms with Gasteiger partial charge in [0.25, 0.3) is 0 Å². The van der Waals surface area contributed by atoms with E-state index in [4.69, 9.17) is 5.11 Å². The summed E-state index contributed by atoms with van der Waals surface area (Å²) in [6, 6.07) is 17.7. The summed E-state index contributed by atoms with van der Waals surface area (Å²) < 4.78 is 0. The Balaban J connectivity index is 0.000000324. The molecule has 0 bridgehead atoms. The summed E-state index contributed by atoms with van der Waals surface area (Å²) in [6.07, 6.45) is -0.341. The molecular formula is C15H15KO3. The molecule has 2 rings (SSSR count). The van der Waals surface area contributed by atoms with E-state index in [9.17, 15) is 9.90 Å². The summed E-state index contributed by atoms with van der Waals surface area (Å²) in [5.41, 5.74) is 1.19. The smallest absolute Gasteiger partial charge is 0.545 e. The van der Waals surface area contributed by atoms with E-state index in [0.717, 1.165) is 5.56 Å². The third-order valence-corrected chi connectivity index (χ3v) is 2.29. The molecule has 0 aromatic heterocycles. The first-order chi connectivity index (χ1) is 8.61. The van der Waals surface area contributed by atoms with Gasteiger partial charge in [0.2, 0.25) is 0 Å². The van der Waals surface area contributed by atoms with Crippen molar-refractivity contribution in [1.29, 1.82) is 0 Å². The number of carboxylic acid groups (broad SMARTS) is 1. The molecule has 2 aromatic carbocycles. The van der Waals surface area contributed by atoms with E-state index in [1.54, 1.807) is 25.1 Å². The van der Waals surface area contributed by atoms with Gasteiger partial charge in [-0.2, -0.15) is 0 Å². The van der Waals surface area contributed by atoms with Gasteiger partial charge >= 0.3 is 51.4 Å². The van der Waals surface area contributed by atoms with Crippen molar-refractivity contribution in [2.24, 2.45) is 0 Å². The number of aromatic carboxylic acids is 1. The number of carboxylic acids is 1. The van der Waals surface area contributed by atoms with Crippen molar-refractivity contribution in [1.82, 2.24) is 0 Å². The first-order valence-electron chi connectivity index (χ1n) is 5.60. The Morgan fingerprint density at radius 2 is 1.42 bits per heavy atom. The predicted octanol–water partition coefficient (Wildman–Crippen LogP) is -1.21. The van der Waals surface area contributed by atoms with Gasteiger partial charge in [-0.1, -0.05) is 60.7 Å². The summed E-state index contributed by atoms with van der Waals surface area (Å²) in [5, 5.41) is 19.1. The molecule has 3 nitrogen and oxygen atoms in total. The third-order valence-electron chi connectivity index (χ3n) is 2.29. The summed E-state index contributed by atoms with van der Waals surface area (Å²) in [6.45, 7) is 1.76. The van der Waals surface area contributed by atoms with Gasteiger partial charge in [-0.3, -0.25) is 0 Å². The monoisotopic (exact) mass is 282 g/mol. The number of rotatable bonds is 2. The fourth-order valence-electron chi connectivity index (χ4n) is 1.31. The van der Waals surface area contributed by atoms with E-state index in [1.807, 2.05) is 30.3 Å². The van der Waals surface area contributed by atoms with Gasteiger partial charge in [-0.25, -0.2) is 0 Å². The van der Waals surface area contributed by atoms with Gasteiger partial charge in [0, 0.05) is 0 Å². The molecule has 0 radical (unpaired) electrons. The molecule has 0 amide bonds. The molecule has 0 heterocycles. The number of aliphatic hydroxyl groups excluding tert-OH is 1. The van der Waals surface area contributed by atoms with Crippen molar-refractivity contribution in [2.45, 2.75) is 13.0 Å². The molecule has 0 saturated heterocycles. The van der Waals surface area contributed by atoms with Crippen LogP contribution in [0.1, 0.15) is 28.9 Å². The number of carbonyl (C=O) groups is 1. The molecule has 0 aliphatic carbocycles. The average molecular weight is 282 g/mol. The molecule has 0 aliphatic rings. The molecule has 0 aliphatic heterocycles. The average Bonchev–Trinajstić information content (AvgIpc) is 2.41. The molecule has 19 heavy (non-hydrogen) atoms. The van der Waals surface area contributed by atoms with Crippen molar-refractivity contribution < 1.29 is 66.4 Å². The third kappa shape index (κ3) is 7.62. The van der Waals surface area contributed by atoms with Crippen molar-refractivity contribution in [2.75, 3.05) is 0 Å². The van der Waals surface area contributed by atoms with Crippen LogP contribution in [0.25, 0.3) is 0 Å².